The van der Waals surface area contributed by atoms with Crippen molar-refractivity contribution in [1.29, 1.82) is 0 Å². The van der Waals surface area contributed by atoms with E-state index in [4.69, 9.17) is 11.6 Å². The topological polar surface area (TPSA) is 0 Å². The molecule has 0 nitrogen and oxygen atoms in total. The fourth-order valence-electron chi connectivity index (χ4n) is 1.82. The number of thioether (sulfide) groups is 2. The standard InChI is InChI=1S/C16H16ClS2/c1-11(2)19-16-9-8-12(10-14(16)17)13-6-4-5-7-15(13)18-3/h4-5,7-11H,1-3H3. The molecule has 2 aromatic rings. The molecule has 1 radical (unpaired) electrons. The molecule has 0 aromatic heterocycles. The summed E-state index contributed by atoms with van der Waals surface area (Å²) in [6.45, 7) is 4.34. The average Bonchev–Trinajstić information content (AvgIpc) is 2.40. The van der Waals surface area contributed by atoms with E-state index < -0.39 is 0 Å². The molecule has 0 amide bonds. The highest BCUT2D eigenvalue weighted by Crippen LogP contribution is 2.36. The van der Waals surface area contributed by atoms with Gasteiger partial charge in [-0.05, 0) is 36.1 Å². The van der Waals surface area contributed by atoms with Gasteiger partial charge >= 0.3 is 0 Å². The van der Waals surface area contributed by atoms with E-state index in [1.165, 1.54) is 4.90 Å². The van der Waals surface area contributed by atoms with E-state index >= 15 is 0 Å². The first kappa shape index (κ1) is 14.8. The first-order valence-electron chi connectivity index (χ1n) is 6.13. The molecule has 0 spiro atoms. The highest BCUT2D eigenvalue weighted by atomic mass is 35.5. The number of hydrogen-bond acceptors (Lipinski definition) is 2. The second-order valence-electron chi connectivity index (χ2n) is 4.43. The molecule has 0 N–H and O–H groups in total. The van der Waals surface area contributed by atoms with Crippen LogP contribution in [0.4, 0.5) is 0 Å². The van der Waals surface area contributed by atoms with Crippen LogP contribution in [0.2, 0.25) is 5.02 Å². The molecule has 0 bridgehead atoms. The Morgan fingerprint density at radius 1 is 1.16 bits per heavy atom. The molecule has 0 atom stereocenters. The van der Waals surface area contributed by atoms with Crippen molar-refractivity contribution in [2.75, 3.05) is 6.26 Å². The smallest absolute Gasteiger partial charge is 0.0548 e. The van der Waals surface area contributed by atoms with Crippen LogP contribution in [-0.2, 0) is 0 Å². The van der Waals surface area contributed by atoms with Gasteiger partial charge in [0.25, 0.3) is 0 Å². The van der Waals surface area contributed by atoms with Crippen LogP contribution in [0, 0.1) is 6.07 Å². The molecule has 0 aliphatic heterocycles. The lowest BCUT2D eigenvalue weighted by molar-refractivity contribution is 1.11. The van der Waals surface area contributed by atoms with E-state index in [1.807, 2.05) is 18.2 Å². The lowest BCUT2D eigenvalue weighted by Crippen LogP contribution is -1.88. The number of halogens is 1. The normalized spacial score (nSPS) is 11.0. The van der Waals surface area contributed by atoms with Crippen molar-refractivity contribution in [1.82, 2.24) is 0 Å². The molecule has 0 unspecified atom stereocenters. The Bertz CT molecular complexity index is 564. The third-order valence-electron chi connectivity index (χ3n) is 2.62. The second-order valence-corrected chi connectivity index (χ2v) is 7.30. The van der Waals surface area contributed by atoms with Crippen molar-refractivity contribution in [3.63, 3.8) is 0 Å². The summed E-state index contributed by atoms with van der Waals surface area (Å²) in [5.74, 6) is 0. The molecule has 0 heterocycles. The maximum absolute atomic E-state index is 6.38. The Morgan fingerprint density at radius 2 is 1.95 bits per heavy atom. The Labute approximate surface area is 128 Å². The molecular formula is C16H16ClS2. The molecule has 0 saturated heterocycles. The van der Waals surface area contributed by atoms with E-state index in [9.17, 15) is 0 Å². The van der Waals surface area contributed by atoms with Gasteiger partial charge in [0.2, 0.25) is 0 Å². The van der Waals surface area contributed by atoms with Crippen LogP contribution in [0.3, 0.4) is 0 Å². The summed E-state index contributed by atoms with van der Waals surface area (Å²) in [6.07, 6.45) is 2.08. The second kappa shape index (κ2) is 6.74. The summed E-state index contributed by atoms with van der Waals surface area (Å²) in [6, 6.07) is 15.6. The molecule has 2 rings (SSSR count). The minimum atomic E-state index is 0.536. The zero-order chi connectivity index (χ0) is 13.8. The average molecular weight is 308 g/mol. The van der Waals surface area contributed by atoms with Gasteiger partial charge in [-0.1, -0.05) is 43.6 Å². The van der Waals surface area contributed by atoms with Crippen LogP contribution in [0.25, 0.3) is 11.1 Å². The van der Waals surface area contributed by atoms with E-state index in [0.717, 1.165) is 21.0 Å². The van der Waals surface area contributed by atoms with Gasteiger partial charge in [-0.3, -0.25) is 0 Å². The third-order valence-corrected chi connectivity index (χ3v) is 4.91. The molecule has 0 aliphatic rings. The van der Waals surface area contributed by atoms with Gasteiger partial charge in [0.05, 0.1) is 5.02 Å². The molecule has 99 valence electrons. The summed E-state index contributed by atoms with van der Waals surface area (Å²) >= 11 is 9.90. The number of benzene rings is 2. The van der Waals surface area contributed by atoms with E-state index in [0.29, 0.717) is 5.25 Å². The molecular weight excluding hydrogens is 292 g/mol. The van der Waals surface area contributed by atoms with Gasteiger partial charge in [-0.2, -0.15) is 0 Å². The summed E-state index contributed by atoms with van der Waals surface area (Å²) in [5.41, 5.74) is 2.25. The fraction of sp³-hybridized carbons (Fsp3) is 0.250. The quantitative estimate of drug-likeness (QED) is 0.632. The lowest BCUT2D eigenvalue weighted by atomic mass is 10.1. The Morgan fingerprint density at radius 3 is 2.58 bits per heavy atom. The van der Waals surface area contributed by atoms with Crippen molar-refractivity contribution < 1.29 is 0 Å². The number of rotatable bonds is 4. The number of hydrogen-bond donors (Lipinski definition) is 0. The minimum absolute atomic E-state index is 0.536. The van der Waals surface area contributed by atoms with Crippen LogP contribution >= 0.6 is 35.1 Å². The highest BCUT2D eigenvalue weighted by molar-refractivity contribution is 8.00. The zero-order valence-electron chi connectivity index (χ0n) is 11.2. The Balaban J connectivity index is 2.39. The van der Waals surface area contributed by atoms with Crippen LogP contribution < -0.4 is 0 Å². The van der Waals surface area contributed by atoms with Crippen molar-refractivity contribution in [3.8, 4) is 11.1 Å². The van der Waals surface area contributed by atoms with Crippen LogP contribution in [0.1, 0.15) is 13.8 Å². The van der Waals surface area contributed by atoms with Crippen LogP contribution in [0.5, 0.6) is 0 Å². The monoisotopic (exact) mass is 307 g/mol. The summed E-state index contributed by atoms with van der Waals surface area (Å²) < 4.78 is 0. The van der Waals surface area contributed by atoms with Gasteiger partial charge < -0.3 is 0 Å². The van der Waals surface area contributed by atoms with Crippen molar-refractivity contribution in [3.05, 3.63) is 47.5 Å². The predicted molar refractivity (Wildman–Crippen MR) is 88.5 cm³/mol. The molecule has 0 saturated carbocycles. The SMILES string of the molecule is CSc1ccc[c]c1-c1ccc(SC(C)C)c(Cl)c1. The van der Waals surface area contributed by atoms with Gasteiger partial charge in [-0.25, -0.2) is 0 Å². The van der Waals surface area contributed by atoms with Gasteiger partial charge in [-0.15, -0.1) is 23.5 Å². The van der Waals surface area contributed by atoms with Gasteiger partial charge in [0.15, 0.2) is 0 Å². The first-order valence-corrected chi connectivity index (χ1v) is 8.61. The van der Waals surface area contributed by atoms with Gasteiger partial charge in [0.1, 0.15) is 0 Å². The van der Waals surface area contributed by atoms with Crippen LogP contribution in [0.15, 0.2) is 46.2 Å². The van der Waals surface area contributed by atoms with E-state index in [-0.39, 0.29) is 0 Å². The molecule has 0 aliphatic carbocycles. The minimum Gasteiger partial charge on any atom is -0.129 e. The maximum Gasteiger partial charge on any atom is 0.0548 e. The first-order chi connectivity index (χ1) is 9.11. The van der Waals surface area contributed by atoms with Crippen LogP contribution in [-0.4, -0.2) is 11.5 Å². The summed E-state index contributed by atoms with van der Waals surface area (Å²) in [4.78, 5) is 2.37. The predicted octanol–water partition coefficient (Wildman–Crippen LogP) is 6.03. The molecule has 19 heavy (non-hydrogen) atoms. The Hall–Kier alpha value is -0.570. The molecule has 2 aromatic carbocycles. The van der Waals surface area contributed by atoms with Gasteiger partial charge in [0, 0.05) is 20.6 Å². The molecule has 3 heteroatoms. The van der Waals surface area contributed by atoms with E-state index in [2.05, 4.69) is 44.4 Å². The largest absolute Gasteiger partial charge is 0.129 e. The lowest BCUT2D eigenvalue weighted by Gasteiger charge is -2.11. The molecule has 0 fully saturated rings. The summed E-state index contributed by atoms with van der Waals surface area (Å²) in [7, 11) is 0. The third kappa shape index (κ3) is 3.71. The van der Waals surface area contributed by atoms with Crippen molar-refractivity contribution >= 4 is 35.1 Å². The maximum atomic E-state index is 6.38. The van der Waals surface area contributed by atoms with Crippen molar-refractivity contribution in [2.24, 2.45) is 0 Å². The summed E-state index contributed by atoms with van der Waals surface area (Å²) in [5, 5.41) is 1.36. The fourth-order valence-corrected chi connectivity index (χ4v) is 3.56. The zero-order valence-corrected chi connectivity index (χ0v) is 13.6. The van der Waals surface area contributed by atoms with Crippen molar-refractivity contribution in [2.45, 2.75) is 28.9 Å². The van der Waals surface area contributed by atoms with E-state index in [1.54, 1.807) is 23.5 Å². The highest BCUT2D eigenvalue weighted by Gasteiger charge is 2.08. The Kier molecular flexibility index (Phi) is 5.26.